The number of carbonyl (C=O) groups is 10. The van der Waals surface area contributed by atoms with Crippen molar-refractivity contribution < 1.29 is 62.5 Å². The van der Waals surface area contributed by atoms with Gasteiger partial charge in [-0.2, -0.15) is 0 Å². The first-order chi connectivity index (χ1) is 48.1. The zero-order valence-electron chi connectivity index (χ0n) is 59.2. The standard InChI is InChI=1S/C72H106N16O13/c1-46(2)37-57(83-67(96)53(40-50-21-24-51-17-10-11-18-52(51)39-50)42-61(90)58(41-49-22-25-55(89)26-23-49)81-64(93)45-88-32-30-87(31-33-88)29-14-34-101-36-35-100-6)62(91)43-54(38-48-15-8-7-9-16-48)69(98)86(5)60(20-13-28-80-72(77)78)70(99)85(4)47(3)66(95)82-56(19-12-27-79-71(75)76)68(97)84-59(65(74)94)44-63(73)92/h7-11,15-18,21-26,39,46-47,53-54,56-60,89H,12-14,19-20,27-38,40-45H2,1-6H3,(H2,73,92)(H2,74,94)(H,81,93)(H,82,95)(H,83,96)(H,84,97)(H4,75,76,79)(H4,77,78,80)/t47-,53+,54+,56-,57-,58-,59-,60-/m0/s1. The maximum Gasteiger partial charge on any atom is 0.245 e. The summed E-state index contributed by atoms with van der Waals surface area (Å²) >= 11 is 0. The number of primary amides is 2. The highest BCUT2D eigenvalue weighted by atomic mass is 16.5. The minimum Gasteiger partial charge on any atom is -0.508 e. The second kappa shape index (κ2) is 42.5. The van der Waals surface area contributed by atoms with E-state index >= 15 is 19.2 Å². The molecule has 1 fully saturated rings. The van der Waals surface area contributed by atoms with E-state index in [0.29, 0.717) is 44.0 Å². The van der Waals surface area contributed by atoms with Crippen LogP contribution in [0.1, 0.15) is 95.2 Å². The molecule has 29 nitrogen and oxygen atoms in total. The van der Waals surface area contributed by atoms with Gasteiger partial charge >= 0.3 is 0 Å². The van der Waals surface area contributed by atoms with Crippen LogP contribution in [-0.4, -0.2) is 225 Å². The number of ether oxygens (including phenoxy) is 2. The smallest absolute Gasteiger partial charge is 0.245 e. The van der Waals surface area contributed by atoms with E-state index < -0.39 is 114 Å². The number of likely N-dealkylation sites (N-methyl/N-ethyl adjacent to an activating group) is 2. The van der Waals surface area contributed by atoms with Crippen LogP contribution in [0.15, 0.2) is 107 Å². The molecule has 0 unspecified atom stereocenters. The lowest BCUT2D eigenvalue weighted by atomic mass is 9.86. The maximum atomic E-state index is 15.4. The Morgan fingerprint density at radius 3 is 1.73 bits per heavy atom. The number of fused-ring (bicyclic) bond motifs is 1. The van der Waals surface area contributed by atoms with Gasteiger partial charge < -0.3 is 84.9 Å². The normalized spacial score (nSPS) is 14.9. The van der Waals surface area contributed by atoms with Crippen LogP contribution < -0.4 is 55.7 Å². The number of nitrogens with zero attached hydrogens (tertiary/aromatic N) is 6. The first-order valence-corrected chi connectivity index (χ1v) is 34.4. The van der Waals surface area contributed by atoms with Crippen molar-refractivity contribution in [2.75, 3.05) is 93.4 Å². The summed E-state index contributed by atoms with van der Waals surface area (Å²) in [6.07, 6.45) is -0.102. The van der Waals surface area contributed by atoms with Gasteiger partial charge in [-0.25, -0.2) is 0 Å². The molecule has 0 saturated carbocycles. The summed E-state index contributed by atoms with van der Waals surface area (Å²) in [5.74, 6) is -9.81. The molecule has 17 N–H and O–H groups in total. The molecule has 101 heavy (non-hydrogen) atoms. The molecule has 29 heteroatoms. The highest BCUT2D eigenvalue weighted by Gasteiger charge is 2.39. The molecule has 8 amide bonds. The van der Waals surface area contributed by atoms with Crippen LogP contribution in [-0.2, 0) is 76.7 Å². The van der Waals surface area contributed by atoms with E-state index in [9.17, 15) is 33.9 Å². The van der Waals surface area contributed by atoms with Gasteiger partial charge in [0, 0.05) is 98.3 Å². The van der Waals surface area contributed by atoms with Gasteiger partial charge in [0.2, 0.25) is 47.3 Å². The second-order valence-electron chi connectivity index (χ2n) is 26.3. The SMILES string of the molecule is COCCOCCCN1CCN(CC(=O)N[C@@H](Cc2ccc(O)cc2)C(=O)C[C@@H](Cc2ccc3ccccc3c2)C(=O)N[C@@H](CC(C)C)C(=O)C[C@@H](Cc2ccccc2)C(=O)N(C)[C@@H](CCCN=C(N)N)C(=O)N(C)[C@@H](C)C(=O)N[C@@H](CCCN=C(N)N)C(=O)N[C@@H](CC(N)=O)C(N)=O)CC1. The lowest BCUT2D eigenvalue weighted by Gasteiger charge is -2.35. The number of benzene rings is 4. The molecule has 0 bridgehead atoms. The number of nitrogens with two attached hydrogens (primary N) is 6. The summed E-state index contributed by atoms with van der Waals surface area (Å²) < 4.78 is 10.7. The average Bonchev–Trinajstić information content (AvgIpc) is 0.832. The molecule has 1 aliphatic rings. The van der Waals surface area contributed by atoms with Crippen LogP contribution in [0.2, 0.25) is 0 Å². The Morgan fingerprint density at radius 2 is 1.11 bits per heavy atom. The van der Waals surface area contributed by atoms with Crippen molar-refractivity contribution >= 4 is 81.5 Å². The molecule has 1 aliphatic heterocycles. The zero-order valence-corrected chi connectivity index (χ0v) is 59.2. The number of hydrogen-bond donors (Lipinski definition) is 11. The molecule has 0 aliphatic carbocycles. The summed E-state index contributed by atoms with van der Waals surface area (Å²) in [6.45, 7) is 10.5. The molecule has 4 aromatic rings. The molecule has 8 atom stereocenters. The fourth-order valence-electron chi connectivity index (χ4n) is 12.0. The minimum absolute atomic E-state index is 0.0135. The minimum atomic E-state index is -1.52. The summed E-state index contributed by atoms with van der Waals surface area (Å²) in [5.41, 5.74) is 35.2. The molecule has 1 heterocycles. The lowest BCUT2D eigenvalue weighted by molar-refractivity contribution is -0.150. The molecule has 0 aromatic heterocycles. The third-order valence-electron chi connectivity index (χ3n) is 17.8. The number of nitrogens with one attached hydrogen (secondary N) is 4. The monoisotopic (exact) mass is 1400 g/mol. The van der Waals surface area contributed by atoms with Crippen molar-refractivity contribution in [3.8, 4) is 5.75 Å². The van der Waals surface area contributed by atoms with E-state index in [-0.39, 0.29) is 107 Å². The predicted octanol–water partition coefficient (Wildman–Crippen LogP) is 0.522. The third-order valence-corrected chi connectivity index (χ3v) is 17.8. The molecular formula is C72H106N16O13. The number of amides is 8. The van der Waals surface area contributed by atoms with Gasteiger partial charge in [0.05, 0.1) is 38.3 Å². The van der Waals surface area contributed by atoms with Crippen LogP contribution in [0.25, 0.3) is 10.8 Å². The molecular weight excluding hydrogens is 1300 g/mol. The number of ketones is 2. The summed E-state index contributed by atoms with van der Waals surface area (Å²) in [4.78, 5) is 157. The fourth-order valence-corrected chi connectivity index (χ4v) is 12.0. The molecule has 552 valence electrons. The van der Waals surface area contributed by atoms with Gasteiger partial charge in [-0.3, -0.25) is 62.8 Å². The highest BCUT2D eigenvalue weighted by Crippen LogP contribution is 2.26. The quantitative estimate of drug-likeness (QED) is 0.0163. The number of methoxy groups -OCH3 is 1. The zero-order chi connectivity index (χ0) is 74.1. The molecule has 0 spiro atoms. The number of hydrogen-bond acceptors (Lipinski definition) is 17. The number of phenolic OH excluding ortho intramolecular Hbond substituents is 1. The number of aliphatic imine (C=N–C) groups is 2. The van der Waals surface area contributed by atoms with Crippen molar-refractivity contribution in [3.63, 3.8) is 0 Å². The van der Waals surface area contributed by atoms with Crippen LogP contribution >= 0.6 is 0 Å². The van der Waals surface area contributed by atoms with Crippen LogP contribution in [0, 0.1) is 17.8 Å². The van der Waals surface area contributed by atoms with Gasteiger partial charge in [-0.1, -0.05) is 98.8 Å². The van der Waals surface area contributed by atoms with Gasteiger partial charge in [0.25, 0.3) is 0 Å². The Balaban J connectivity index is 1.44. The van der Waals surface area contributed by atoms with Gasteiger partial charge in [-0.15, -0.1) is 0 Å². The van der Waals surface area contributed by atoms with Gasteiger partial charge in [0.1, 0.15) is 29.9 Å². The average molecular weight is 1400 g/mol. The Kier molecular flexibility index (Phi) is 34.5. The van der Waals surface area contributed by atoms with Crippen molar-refractivity contribution in [2.45, 2.75) is 134 Å². The van der Waals surface area contributed by atoms with Crippen molar-refractivity contribution in [3.05, 3.63) is 114 Å². The summed E-state index contributed by atoms with van der Waals surface area (Å²) in [5, 5.41) is 23.1. The van der Waals surface area contributed by atoms with E-state index in [1.807, 2.05) is 61.2 Å². The van der Waals surface area contributed by atoms with E-state index in [0.717, 1.165) is 47.3 Å². The topological polar surface area (TPSA) is 451 Å². The van der Waals surface area contributed by atoms with Gasteiger partial charge in [-0.05, 0) is 110 Å². The maximum absolute atomic E-state index is 15.4. The number of guanidine groups is 2. The Bertz CT molecular complexity index is 3430. The van der Waals surface area contributed by atoms with Gasteiger partial charge in [0.15, 0.2) is 23.5 Å². The van der Waals surface area contributed by atoms with Crippen molar-refractivity contribution in [1.29, 1.82) is 0 Å². The molecule has 4 aromatic carbocycles. The fraction of sp³-hybridized carbons (Fsp3) is 0.528. The Labute approximate surface area is 591 Å². The van der Waals surface area contributed by atoms with E-state index in [4.69, 9.17) is 43.9 Å². The second-order valence-corrected chi connectivity index (χ2v) is 26.3. The van der Waals surface area contributed by atoms with Crippen LogP contribution in [0.3, 0.4) is 0 Å². The van der Waals surface area contributed by atoms with Crippen LogP contribution in [0.5, 0.6) is 5.75 Å². The number of carbonyl (C=O) groups excluding carboxylic acids is 10. The lowest BCUT2D eigenvalue weighted by Crippen LogP contribution is -2.58. The molecule has 1 saturated heterocycles. The van der Waals surface area contributed by atoms with E-state index in [2.05, 4.69) is 36.2 Å². The number of Topliss-reactive ketones (excluding diaryl/α,β-unsaturated/α-hetero) is 2. The Hall–Kier alpha value is -9.58. The summed E-state index contributed by atoms with van der Waals surface area (Å²) in [6, 6.07) is 20.9. The van der Waals surface area contributed by atoms with Crippen molar-refractivity contribution in [1.82, 2.24) is 40.9 Å². The molecule has 0 radical (unpaired) electrons. The third kappa shape index (κ3) is 28.9. The highest BCUT2D eigenvalue weighted by molar-refractivity contribution is 5.98. The first-order valence-electron chi connectivity index (χ1n) is 34.4. The Morgan fingerprint density at radius 1 is 0.545 bits per heavy atom. The number of phenols is 1. The van der Waals surface area contributed by atoms with Crippen LogP contribution in [0.4, 0.5) is 0 Å². The first kappa shape index (κ1) is 82.1. The van der Waals surface area contributed by atoms with Crippen molar-refractivity contribution in [2.24, 2.45) is 62.1 Å². The number of rotatable bonds is 45. The predicted molar refractivity (Wildman–Crippen MR) is 385 cm³/mol. The molecule has 5 rings (SSSR count). The number of aromatic hydroxyl groups is 1. The van der Waals surface area contributed by atoms with E-state index in [1.54, 1.807) is 49.6 Å². The number of piperazine rings is 1. The van der Waals surface area contributed by atoms with E-state index in [1.165, 1.54) is 38.1 Å². The summed E-state index contributed by atoms with van der Waals surface area (Å²) in [7, 11) is 4.38. The largest absolute Gasteiger partial charge is 0.508 e.